The summed E-state index contributed by atoms with van der Waals surface area (Å²) in [6.07, 6.45) is 4.70. The van der Waals surface area contributed by atoms with Crippen molar-refractivity contribution in [2.75, 3.05) is 26.7 Å². The maximum Gasteiger partial charge on any atom is 0.354 e. The smallest absolute Gasteiger partial charge is 0.354 e. The lowest BCUT2D eigenvalue weighted by Crippen LogP contribution is -2.38. The number of hydrogen-bond acceptors (Lipinski definition) is 5. The minimum Gasteiger partial charge on any atom is -0.464 e. The number of carbonyl (C=O) groups is 1. The Morgan fingerprint density at radius 3 is 2.86 bits per heavy atom. The fraction of sp³-hybridized carbons (Fsp3) is 0.562. The maximum atomic E-state index is 11.9. The third-order valence-electron chi connectivity index (χ3n) is 4.23. The summed E-state index contributed by atoms with van der Waals surface area (Å²) in [7, 11) is 1.35. The summed E-state index contributed by atoms with van der Waals surface area (Å²) in [4.78, 5) is 14.2. The van der Waals surface area contributed by atoms with Crippen LogP contribution in [0.4, 0.5) is 0 Å². The van der Waals surface area contributed by atoms with Gasteiger partial charge < -0.3 is 23.7 Å². The molecule has 0 radical (unpaired) electrons. The second-order valence-corrected chi connectivity index (χ2v) is 5.82. The Kier molecular flexibility index (Phi) is 4.49. The summed E-state index contributed by atoms with van der Waals surface area (Å²) >= 11 is 0. The molecule has 1 fully saturated rings. The van der Waals surface area contributed by atoms with Crippen LogP contribution in [-0.2, 0) is 11.3 Å². The van der Waals surface area contributed by atoms with Gasteiger partial charge in [0.15, 0.2) is 5.58 Å². The lowest BCUT2D eigenvalue weighted by atomic mass is 10.1. The standard InChI is InChI=1S/C16H22N2O4/c1-21-16(20)14-9-15-13(5-8-22-15)18(14)11-12(19)10-17-6-3-2-4-7-17/h5,8-9,12,19H,2-4,6-7,10-11H2,1H3/t12-/m0/s1. The molecule has 3 heterocycles. The van der Waals surface area contributed by atoms with E-state index < -0.39 is 12.1 Å². The fourth-order valence-electron chi connectivity index (χ4n) is 3.16. The van der Waals surface area contributed by atoms with Crippen molar-refractivity contribution in [1.82, 2.24) is 9.47 Å². The molecule has 1 N–H and O–H groups in total. The Morgan fingerprint density at radius 2 is 2.14 bits per heavy atom. The molecule has 120 valence electrons. The summed E-state index contributed by atoms with van der Waals surface area (Å²) < 4.78 is 11.9. The molecule has 3 rings (SSSR count). The fourth-order valence-corrected chi connectivity index (χ4v) is 3.16. The number of esters is 1. The van der Waals surface area contributed by atoms with Gasteiger partial charge in [-0.3, -0.25) is 0 Å². The largest absolute Gasteiger partial charge is 0.464 e. The van der Waals surface area contributed by atoms with Gasteiger partial charge in [-0.2, -0.15) is 0 Å². The number of rotatable bonds is 5. The molecule has 0 saturated carbocycles. The second kappa shape index (κ2) is 6.54. The first-order valence-electron chi connectivity index (χ1n) is 7.74. The number of β-amino-alcohol motifs (C(OH)–C–C–N with tert-alkyl or cyclic N) is 1. The van der Waals surface area contributed by atoms with E-state index in [0.29, 0.717) is 24.4 Å². The Bertz CT molecular complexity index is 640. The summed E-state index contributed by atoms with van der Waals surface area (Å²) in [6, 6.07) is 3.46. The van der Waals surface area contributed by atoms with Crippen molar-refractivity contribution >= 4 is 17.1 Å². The van der Waals surface area contributed by atoms with E-state index in [1.165, 1.54) is 26.4 Å². The van der Waals surface area contributed by atoms with Crippen molar-refractivity contribution in [2.24, 2.45) is 0 Å². The van der Waals surface area contributed by atoms with Crippen LogP contribution in [0.1, 0.15) is 29.8 Å². The molecule has 0 unspecified atom stereocenters. The lowest BCUT2D eigenvalue weighted by Gasteiger charge is -2.28. The van der Waals surface area contributed by atoms with E-state index in [1.807, 2.05) is 0 Å². The van der Waals surface area contributed by atoms with Crippen molar-refractivity contribution < 1.29 is 19.1 Å². The normalized spacial score (nSPS) is 17.7. The Hall–Kier alpha value is -1.79. The summed E-state index contributed by atoms with van der Waals surface area (Å²) in [5.41, 5.74) is 1.85. The molecule has 1 aliphatic heterocycles. The molecule has 0 spiro atoms. The molecule has 2 aromatic heterocycles. The van der Waals surface area contributed by atoms with Crippen LogP contribution in [-0.4, -0.2) is 53.4 Å². The van der Waals surface area contributed by atoms with Gasteiger partial charge in [0.05, 0.1) is 31.5 Å². The van der Waals surface area contributed by atoms with Crippen LogP contribution >= 0.6 is 0 Å². The molecule has 0 aliphatic carbocycles. The number of furan rings is 1. The van der Waals surface area contributed by atoms with Crippen molar-refractivity contribution in [1.29, 1.82) is 0 Å². The number of hydrogen-bond donors (Lipinski definition) is 1. The van der Waals surface area contributed by atoms with Gasteiger partial charge >= 0.3 is 5.97 Å². The monoisotopic (exact) mass is 306 g/mol. The predicted molar refractivity (Wildman–Crippen MR) is 81.8 cm³/mol. The van der Waals surface area contributed by atoms with Crippen molar-refractivity contribution in [3.05, 3.63) is 24.1 Å². The molecule has 22 heavy (non-hydrogen) atoms. The van der Waals surface area contributed by atoms with Gasteiger partial charge in [-0.15, -0.1) is 0 Å². The number of likely N-dealkylation sites (tertiary alicyclic amines) is 1. The van der Waals surface area contributed by atoms with Gasteiger partial charge in [0.25, 0.3) is 0 Å². The topological polar surface area (TPSA) is 67.8 Å². The van der Waals surface area contributed by atoms with Crippen LogP contribution in [0.3, 0.4) is 0 Å². The highest BCUT2D eigenvalue weighted by Crippen LogP contribution is 2.22. The number of piperidine rings is 1. The maximum absolute atomic E-state index is 11.9. The van der Waals surface area contributed by atoms with Gasteiger partial charge in [-0.1, -0.05) is 6.42 Å². The van der Waals surface area contributed by atoms with E-state index >= 15 is 0 Å². The summed E-state index contributed by atoms with van der Waals surface area (Å²) in [5.74, 6) is -0.420. The molecule has 0 amide bonds. The molecule has 6 heteroatoms. The first-order valence-corrected chi connectivity index (χ1v) is 7.74. The second-order valence-electron chi connectivity index (χ2n) is 5.82. The van der Waals surface area contributed by atoms with Crippen molar-refractivity contribution in [3.8, 4) is 0 Å². The van der Waals surface area contributed by atoms with Crippen molar-refractivity contribution in [2.45, 2.75) is 31.9 Å². The highest BCUT2D eigenvalue weighted by atomic mass is 16.5. The molecule has 1 aliphatic rings. The molecule has 1 saturated heterocycles. The highest BCUT2D eigenvalue weighted by molar-refractivity contribution is 5.93. The van der Waals surface area contributed by atoms with Crippen LogP contribution in [0.25, 0.3) is 11.1 Å². The van der Waals surface area contributed by atoms with Gasteiger partial charge in [-0.25, -0.2) is 4.79 Å². The quantitative estimate of drug-likeness (QED) is 0.854. The third-order valence-corrected chi connectivity index (χ3v) is 4.23. The summed E-state index contributed by atoms with van der Waals surface area (Å²) in [6.45, 7) is 3.05. The lowest BCUT2D eigenvalue weighted by molar-refractivity contribution is 0.0576. The third kappa shape index (κ3) is 3.03. The van der Waals surface area contributed by atoms with E-state index in [-0.39, 0.29) is 0 Å². The van der Waals surface area contributed by atoms with E-state index in [9.17, 15) is 9.90 Å². The molecular formula is C16H22N2O4. The predicted octanol–water partition coefficient (Wildman–Crippen LogP) is 1.87. The van der Waals surface area contributed by atoms with E-state index in [1.54, 1.807) is 23.0 Å². The van der Waals surface area contributed by atoms with E-state index in [0.717, 1.165) is 18.6 Å². The SMILES string of the molecule is COC(=O)c1cc2occc2n1C[C@@H](O)CN1CCCCC1. The zero-order chi connectivity index (χ0) is 15.5. The first-order chi connectivity index (χ1) is 10.7. The molecule has 0 aromatic carbocycles. The van der Waals surface area contributed by atoms with Crippen LogP contribution in [0.5, 0.6) is 0 Å². The molecular weight excluding hydrogens is 284 g/mol. The number of aliphatic hydroxyl groups is 1. The summed E-state index contributed by atoms with van der Waals surface area (Å²) in [5, 5.41) is 10.4. The van der Waals surface area contributed by atoms with Gasteiger partial charge in [0.2, 0.25) is 0 Å². The van der Waals surface area contributed by atoms with Crippen LogP contribution in [0, 0.1) is 0 Å². The van der Waals surface area contributed by atoms with Gasteiger partial charge in [0, 0.05) is 18.7 Å². The zero-order valence-electron chi connectivity index (χ0n) is 12.8. The Balaban J connectivity index is 1.76. The number of aromatic nitrogens is 1. The number of ether oxygens (including phenoxy) is 1. The van der Waals surface area contributed by atoms with Gasteiger partial charge in [0.1, 0.15) is 5.69 Å². The minimum absolute atomic E-state index is 0.351. The number of carbonyl (C=O) groups excluding carboxylic acids is 1. The first kappa shape index (κ1) is 15.1. The number of fused-ring (bicyclic) bond motifs is 1. The Labute approximate surface area is 129 Å². The van der Waals surface area contributed by atoms with E-state index in [2.05, 4.69) is 4.90 Å². The van der Waals surface area contributed by atoms with E-state index in [4.69, 9.17) is 9.15 Å². The highest BCUT2D eigenvalue weighted by Gasteiger charge is 2.21. The number of nitrogens with zero attached hydrogens (tertiary/aromatic N) is 2. The molecule has 1 atom stereocenters. The van der Waals surface area contributed by atoms with Gasteiger partial charge in [-0.05, 0) is 25.9 Å². The molecule has 6 nitrogen and oxygen atoms in total. The Morgan fingerprint density at radius 1 is 1.36 bits per heavy atom. The van der Waals surface area contributed by atoms with Crippen LogP contribution in [0.2, 0.25) is 0 Å². The van der Waals surface area contributed by atoms with Crippen LogP contribution in [0.15, 0.2) is 22.8 Å². The number of methoxy groups -OCH3 is 1. The molecule has 2 aromatic rings. The zero-order valence-corrected chi connectivity index (χ0v) is 12.8. The van der Waals surface area contributed by atoms with Crippen LogP contribution < -0.4 is 0 Å². The minimum atomic E-state index is -0.535. The average Bonchev–Trinajstić information content (AvgIpc) is 3.10. The molecule has 0 bridgehead atoms. The number of aliphatic hydroxyl groups excluding tert-OH is 1. The van der Waals surface area contributed by atoms with Crippen molar-refractivity contribution in [3.63, 3.8) is 0 Å². The average molecular weight is 306 g/mol.